The molecule has 6 heteroatoms. The molecule has 0 aliphatic rings. The minimum absolute atomic E-state index is 0.225. The first-order valence-corrected chi connectivity index (χ1v) is 4.53. The maximum Gasteiger partial charge on any atom is 0.343 e. The van der Waals surface area contributed by atoms with Gasteiger partial charge in [-0.05, 0) is 6.92 Å². The standard InChI is InChI=1S/C9H13N3O3/c1-4-15-9(14)7-5-12(3)11-8(7)10-6(2)13/h5H,4H2,1-3H3,(H,10,11,13). The van der Waals surface area contributed by atoms with Gasteiger partial charge in [0.15, 0.2) is 5.82 Å². The van der Waals surface area contributed by atoms with E-state index in [-0.39, 0.29) is 23.9 Å². The zero-order valence-electron chi connectivity index (χ0n) is 8.90. The Kier molecular flexibility index (Phi) is 3.43. The van der Waals surface area contributed by atoms with E-state index in [1.54, 1.807) is 14.0 Å². The molecule has 0 saturated carbocycles. The van der Waals surface area contributed by atoms with E-state index in [2.05, 4.69) is 10.4 Å². The molecular weight excluding hydrogens is 198 g/mol. The van der Waals surface area contributed by atoms with Crippen molar-refractivity contribution in [2.45, 2.75) is 13.8 Å². The molecule has 1 rings (SSSR count). The Hall–Kier alpha value is -1.85. The third-order valence-electron chi connectivity index (χ3n) is 1.62. The van der Waals surface area contributed by atoms with E-state index in [9.17, 15) is 9.59 Å². The summed E-state index contributed by atoms with van der Waals surface area (Å²) in [6, 6.07) is 0. The number of aryl methyl sites for hydroxylation is 1. The van der Waals surface area contributed by atoms with Crippen molar-refractivity contribution in [3.63, 3.8) is 0 Å². The Morgan fingerprint density at radius 3 is 2.80 bits per heavy atom. The lowest BCUT2D eigenvalue weighted by Gasteiger charge is -2.01. The monoisotopic (exact) mass is 211 g/mol. The predicted molar refractivity (Wildman–Crippen MR) is 53.5 cm³/mol. The number of carbonyl (C=O) groups is 2. The molecule has 1 aromatic heterocycles. The molecule has 0 spiro atoms. The second kappa shape index (κ2) is 4.59. The van der Waals surface area contributed by atoms with Gasteiger partial charge in [-0.15, -0.1) is 0 Å². The molecule has 0 aliphatic heterocycles. The van der Waals surface area contributed by atoms with E-state index >= 15 is 0 Å². The molecule has 82 valence electrons. The summed E-state index contributed by atoms with van der Waals surface area (Å²) < 4.78 is 6.26. The second-order valence-corrected chi connectivity index (χ2v) is 2.97. The van der Waals surface area contributed by atoms with Crippen LogP contribution in [0.2, 0.25) is 0 Å². The van der Waals surface area contributed by atoms with Gasteiger partial charge >= 0.3 is 5.97 Å². The van der Waals surface area contributed by atoms with Gasteiger partial charge in [0.1, 0.15) is 5.56 Å². The molecule has 1 N–H and O–H groups in total. The zero-order chi connectivity index (χ0) is 11.4. The highest BCUT2D eigenvalue weighted by molar-refractivity contribution is 5.99. The quantitative estimate of drug-likeness (QED) is 0.741. The van der Waals surface area contributed by atoms with Gasteiger partial charge < -0.3 is 10.1 Å². The second-order valence-electron chi connectivity index (χ2n) is 2.97. The molecule has 1 amide bonds. The van der Waals surface area contributed by atoms with E-state index < -0.39 is 5.97 Å². The van der Waals surface area contributed by atoms with Crippen LogP contribution in [0, 0.1) is 0 Å². The predicted octanol–water partition coefficient (Wildman–Crippen LogP) is 0.555. The topological polar surface area (TPSA) is 73.2 Å². The first-order valence-electron chi connectivity index (χ1n) is 4.53. The van der Waals surface area contributed by atoms with Crippen LogP contribution in [0.3, 0.4) is 0 Å². The first-order chi connectivity index (χ1) is 7.04. The molecule has 0 aliphatic carbocycles. The van der Waals surface area contributed by atoms with Gasteiger partial charge in [0.25, 0.3) is 0 Å². The number of hydrogen-bond donors (Lipinski definition) is 1. The Morgan fingerprint density at radius 2 is 2.27 bits per heavy atom. The molecule has 0 unspecified atom stereocenters. The van der Waals surface area contributed by atoms with Crippen LogP contribution in [-0.4, -0.2) is 28.3 Å². The molecule has 0 fully saturated rings. The highest BCUT2D eigenvalue weighted by Gasteiger charge is 2.17. The maximum atomic E-state index is 11.4. The third-order valence-corrected chi connectivity index (χ3v) is 1.62. The van der Waals surface area contributed by atoms with Crippen molar-refractivity contribution < 1.29 is 14.3 Å². The molecule has 0 aromatic carbocycles. The Bertz CT molecular complexity index is 384. The fourth-order valence-electron chi connectivity index (χ4n) is 1.11. The summed E-state index contributed by atoms with van der Waals surface area (Å²) in [6.45, 7) is 3.35. The molecule has 1 heterocycles. The molecule has 15 heavy (non-hydrogen) atoms. The lowest BCUT2D eigenvalue weighted by atomic mass is 10.3. The molecule has 1 aromatic rings. The highest BCUT2D eigenvalue weighted by Crippen LogP contribution is 2.13. The highest BCUT2D eigenvalue weighted by atomic mass is 16.5. The van der Waals surface area contributed by atoms with Crippen molar-refractivity contribution in [2.75, 3.05) is 11.9 Å². The third kappa shape index (κ3) is 2.80. The summed E-state index contributed by atoms with van der Waals surface area (Å²) in [5.41, 5.74) is 0.259. The number of nitrogens with zero attached hydrogens (tertiary/aromatic N) is 2. The molecule has 6 nitrogen and oxygen atoms in total. The van der Waals surface area contributed by atoms with Crippen LogP contribution in [0.25, 0.3) is 0 Å². The van der Waals surface area contributed by atoms with Crippen molar-refractivity contribution in [2.24, 2.45) is 7.05 Å². The molecule has 0 saturated heterocycles. The lowest BCUT2D eigenvalue weighted by Crippen LogP contribution is -2.12. The van der Waals surface area contributed by atoms with Gasteiger partial charge in [0.2, 0.25) is 5.91 Å². The first kappa shape index (κ1) is 11.2. The molecule has 0 bridgehead atoms. The molecule has 0 radical (unpaired) electrons. The van der Waals surface area contributed by atoms with Gasteiger partial charge in [0, 0.05) is 20.2 Å². The van der Waals surface area contributed by atoms with Crippen LogP contribution in [0.4, 0.5) is 5.82 Å². The van der Waals surface area contributed by atoms with Gasteiger partial charge in [-0.25, -0.2) is 4.79 Å². The number of ether oxygens (including phenoxy) is 1. The summed E-state index contributed by atoms with van der Waals surface area (Å²) in [7, 11) is 1.66. The van der Waals surface area contributed by atoms with Crippen molar-refractivity contribution in [1.82, 2.24) is 9.78 Å². The van der Waals surface area contributed by atoms with Crippen LogP contribution in [0.1, 0.15) is 24.2 Å². The largest absolute Gasteiger partial charge is 0.462 e. The lowest BCUT2D eigenvalue weighted by molar-refractivity contribution is -0.114. The minimum Gasteiger partial charge on any atom is -0.462 e. The van der Waals surface area contributed by atoms with E-state index in [0.29, 0.717) is 0 Å². The Labute approximate surface area is 87.2 Å². The number of nitrogens with one attached hydrogen (secondary N) is 1. The van der Waals surface area contributed by atoms with Crippen LogP contribution < -0.4 is 5.32 Å². The van der Waals surface area contributed by atoms with Crippen LogP contribution >= 0.6 is 0 Å². The number of rotatable bonds is 3. The number of anilines is 1. The number of esters is 1. The summed E-state index contributed by atoms with van der Waals surface area (Å²) in [5.74, 6) is -0.544. The summed E-state index contributed by atoms with van der Waals surface area (Å²) in [5, 5.41) is 6.40. The van der Waals surface area contributed by atoms with Crippen molar-refractivity contribution in [1.29, 1.82) is 0 Å². The maximum absolute atomic E-state index is 11.4. The number of aromatic nitrogens is 2. The Morgan fingerprint density at radius 1 is 1.60 bits per heavy atom. The average Bonchev–Trinajstić information content (AvgIpc) is 2.46. The smallest absolute Gasteiger partial charge is 0.343 e. The Balaban J connectivity index is 2.95. The fourth-order valence-corrected chi connectivity index (χ4v) is 1.11. The number of hydrogen-bond acceptors (Lipinski definition) is 4. The van der Waals surface area contributed by atoms with Gasteiger partial charge in [0.05, 0.1) is 6.61 Å². The number of amides is 1. The number of carbonyl (C=O) groups excluding carboxylic acids is 2. The summed E-state index contributed by atoms with van der Waals surface area (Å²) >= 11 is 0. The summed E-state index contributed by atoms with van der Waals surface area (Å²) in [4.78, 5) is 22.3. The zero-order valence-corrected chi connectivity index (χ0v) is 8.90. The normalized spacial score (nSPS) is 9.80. The van der Waals surface area contributed by atoms with E-state index in [0.717, 1.165) is 0 Å². The van der Waals surface area contributed by atoms with Gasteiger partial charge in [-0.2, -0.15) is 5.10 Å². The van der Waals surface area contributed by atoms with Crippen molar-refractivity contribution in [3.05, 3.63) is 11.8 Å². The average molecular weight is 211 g/mol. The van der Waals surface area contributed by atoms with Crippen molar-refractivity contribution in [3.8, 4) is 0 Å². The van der Waals surface area contributed by atoms with Gasteiger partial charge in [-0.1, -0.05) is 0 Å². The van der Waals surface area contributed by atoms with Crippen molar-refractivity contribution >= 4 is 17.7 Å². The molecular formula is C9H13N3O3. The van der Waals surface area contributed by atoms with Crippen LogP contribution in [0.5, 0.6) is 0 Å². The van der Waals surface area contributed by atoms with Gasteiger partial charge in [-0.3, -0.25) is 9.48 Å². The summed E-state index contributed by atoms with van der Waals surface area (Å²) in [6.07, 6.45) is 1.50. The van der Waals surface area contributed by atoms with E-state index in [1.807, 2.05) is 0 Å². The minimum atomic E-state index is -0.491. The SMILES string of the molecule is CCOC(=O)c1cn(C)nc1NC(C)=O. The molecule has 0 atom stereocenters. The van der Waals surface area contributed by atoms with E-state index in [1.165, 1.54) is 17.8 Å². The fraction of sp³-hybridized carbons (Fsp3) is 0.444. The van der Waals surface area contributed by atoms with Crippen LogP contribution in [0.15, 0.2) is 6.20 Å². The van der Waals surface area contributed by atoms with Crippen LogP contribution in [-0.2, 0) is 16.6 Å². The van der Waals surface area contributed by atoms with E-state index in [4.69, 9.17) is 4.74 Å².